The molecule has 116 valence electrons. The summed E-state index contributed by atoms with van der Waals surface area (Å²) in [5.41, 5.74) is 2.15. The lowest BCUT2D eigenvalue weighted by Crippen LogP contribution is -2.46. The number of rotatable bonds is 7. The maximum Gasteiger partial charge on any atom is 0.326 e. The van der Waals surface area contributed by atoms with Crippen molar-refractivity contribution in [3.8, 4) is 0 Å². The second-order valence-electron chi connectivity index (χ2n) is 4.90. The van der Waals surface area contributed by atoms with Gasteiger partial charge in [0.05, 0.1) is 0 Å². The van der Waals surface area contributed by atoms with Crippen molar-refractivity contribution in [3.63, 3.8) is 0 Å². The van der Waals surface area contributed by atoms with E-state index in [1.807, 2.05) is 37.4 Å². The average molecular weight is 310 g/mol. The number of urea groups is 1. The summed E-state index contributed by atoms with van der Waals surface area (Å²) in [5, 5.41) is 11.7. The van der Waals surface area contributed by atoms with Crippen molar-refractivity contribution in [2.45, 2.75) is 25.9 Å². The van der Waals surface area contributed by atoms with Crippen molar-refractivity contribution in [1.82, 2.24) is 10.2 Å². The zero-order valence-electron chi connectivity index (χ0n) is 12.6. The normalized spacial score (nSPS) is 11.8. The number of amides is 2. The van der Waals surface area contributed by atoms with E-state index >= 15 is 0 Å². The van der Waals surface area contributed by atoms with Gasteiger partial charge in [0, 0.05) is 13.6 Å². The summed E-state index contributed by atoms with van der Waals surface area (Å²) >= 11 is 1.56. The molecule has 21 heavy (non-hydrogen) atoms. The van der Waals surface area contributed by atoms with Gasteiger partial charge in [0.15, 0.2) is 0 Å². The van der Waals surface area contributed by atoms with E-state index in [1.165, 1.54) is 4.90 Å². The van der Waals surface area contributed by atoms with Crippen LogP contribution in [0.3, 0.4) is 0 Å². The molecule has 0 aliphatic heterocycles. The zero-order valence-corrected chi connectivity index (χ0v) is 13.4. The van der Waals surface area contributed by atoms with Gasteiger partial charge in [-0.3, -0.25) is 0 Å². The summed E-state index contributed by atoms with van der Waals surface area (Å²) in [6, 6.07) is 6.60. The second kappa shape index (κ2) is 8.56. The first-order valence-corrected chi connectivity index (χ1v) is 8.13. The first-order valence-electron chi connectivity index (χ1n) is 6.73. The van der Waals surface area contributed by atoms with Crippen LogP contribution in [-0.4, -0.2) is 47.1 Å². The number of nitrogens with zero attached hydrogens (tertiary/aromatic N) is 1. The van der Waals surface area contributed by atoms with Gasteiger partial charge in [-0.1, -0.05) is 24.3 Å². The van der Waals surface area contributed by atoms with Crippen LogP contribution in [0, 0.1) is 6.92 Å². The number of nitrogens with one attached hydrogen (secondary N) is 1. The number of carbonyl (C=O) groups excluding carboxylic acids is 1. The number of hydrogen-bond donors (Lipinski definition) is 2. The summed E-state index contributed by atoms with van der Waals surface area (Å²) in [5.74, 6) is -0.305. The SMILES string of the molecule is CSCC[C@H](NC(=O)N(C)Cc1ccccc1C)C(=O)O. The van der Waals surface area contributed by atoms with Gasteiger partial charge in [0.2, 0.25) is 0 Å². The third-order valence-corrected chi connectivity index (χ3v) is 3.87. The minimum Gasteiger partial charge on any atom is -0.480 e. The Bertz CT molecular complexity index is 494. The molecule has 6 heteroatoms. The smallest absolute Gasteiger partial charge is 0.326 e. The van der Waals surface area contributed by atoms with Gasteiger partial charge >= 0.3 is 12.0 Å². The highest BCUT2D eigenvalue weighted by Crippen LogP contribution is 2.10. The molecule has 1 atom stereocenters. The van der Waals surface area contributed by atoms with E-state index in [2.05, 4.69) is 5.32 Å². The summed E-state index contributed by atoms with van der Waals surface area (Å²) in [4.78, 5) is 24.7. The van der Waals surface area contributed by atoms with Crippen LogP contribution in [0.1, 0.15) is 17.5 Å². The lowest BCUT2D eigenvalue weighted by molar-refractivity contribution is -0.139. The van der Waals surface area contributed by atoms with E-state index < -0.39 is 12.0 Å². The third kappa shape index (κ3) is 5.67. The molecule has 1 aromatic carbocycles. The molecule has 0 bridgehead atoms. The minimum atomic E-state index is -0.998. The third-order valence-electron chi connectivity index (χ3n) is 3.22. The molecule has 0 heterocycles. The molecule has 0 aliphatic carbocycles. The van der Waals surface area contributed by atoms with Gasteiger partial charge < -0.3 is 15.3 Å². The van der Waals surface area contributed by atoms with Crippen LogP contribution in [0.15, 0.2) is 24.3 Å². The molecule has 2 amide bonds. The Kier molecular flexibility index (Phi) is 7.08. The maximum absolute atomic E-state index is 12.1. The van der Waals surface area contributed by atoms with Crippen molar-refractivity contribution in [2.24, 2.45) is 0 Å². The Morgan fingerprint density at radius 2 is 2.05 bits per heavy atom. The van der Waals surface area contributed by atoms with Crippen LogP contribution in [0.5, 0.6) is 0 Å². The topological polar surface area (TPSA) is 69.6 Å². The summed E-state index contributed by atoms with van der Waals surface area (Å²) < 4.78 is 0. The molecule has 0 radical (unpaired) electrons. The second-order valence-corrected chi connectivity index (χ2v) is 5.89. The van der Waals surface area contributed by atoms with E-state index in [0.29, 0.717) is 18.7 Å². The molecule has 0 unspecified atom stereocenters. The summed E-state index contributed by atoms with van der Waals surface area (Å²) in [6.07, 6.45) is 2.32. The average Bonchev–Trinajstić information content (AvgIpc) is 2.45. The van der Waals surface area contributed by atoms with E-state index in [4.69, 9.17) is 5.11 Å². The summed E-state index contributed by atoms with van der Waals surface area (Å²) in [7, 11) is 1.66. The van der Waals surface area contributed by atoms with E-state index in [0.717, 1.165) is 11.1 Å². The number of thioether (sulfide) groups is 1. The number of aliphatic carboxylic acids is 1. The number of aryl methyl sites for hydroxylation is 1. The van der Waals surface area contributed by atoms with Crippen LogP contribution in [-0.2, 0) is 11.3 Å². The summed E-state index contributed by atoms with van der Waals surface area (Å²) in [6.45, 7) is 2.44. The Morgan fingerprint density at radius 3 is 2.62 bits per heavy atom. The molecule has 0 spiro atoms. The standard InChI is InChI=1S/C15H22N2O3S/c1-11-6-4-5-7-12(11)10-17(2)15(20)16-13(14(18)19)8-9-21-3/h4-7,13H,8-10H2,1-3H3,(H,16,20)(H,18,19)/t13-/m0/s1. The van der Waals surface area contributed by atoms with Crippen molar-refractivity contribution >= 4 is 23.8 Å². The Labute approximate surface area is 129 Å². The lowest BCUT2D eigenvalue weighted by Gasteiger charge is -2.22. The molecule has 1 aromatic rings. The Morgan fingerprint density at radius 1 is 1.38 bits per heavy atom. The van der Waals surface area contributed by atoms with Gasteiger partial charge in [-0.15, -0.1) is 0 Å². The number of carboxylic acid groups (broad SMARTS) is 1. The monoisotopic (exact) mass is 310 g/mol. The van der Waals surface area contributed by atoms with Gasteiger partial charge in [0.25, 0.3) is 0 Å². The minimum absolute atomic E-state index is 0.369. The number of benzene rings is 1. The number of hydrogen-bond acceptors (Lipinski definition) is 3. The molecule has 0 aromatic heterocycles. The maximum atomic E-state index is 12.1. The Hall–Kier alpha value is -1.69. The van der Waals surface area contributed by atoms with Crippen molar-refractivity contribution in [1.29, 1.82) is 0 Å². The van der Waals surface area contributed by atoms with E-state index in [1.54, 1.807) is 18.8 Å². The zero-order chi connectivity index (χ0) is 15.8. The number of carbonyl (C=O) groups is 2. The fraction of sp³-hybridized carbons (Fsp3) is 0.467. The predicted molar refractivity (Wildman–Crippen MR) is 85.6 cm³/mol. The lowest BCUT2D eigenvalue weighted by atomic mass is 10.1. The van der Waals surface area contributed by atoms with Crippen LogP contribution in [0.25, 0.3) is 0 Å². The highest BCUT2D eigenvalue weighted by molar-refractivity contribution is 7.98. The highest BCUT2D eigenvalue weighted by Gasteiger charge is 2.21. The van der Waals surface area contributed by atoms with E-state index in [-0.39, 0.29) is 6.03 Å². The van der Waals surface area contributed by atoms with Gasteiger partial charge in [-0.25, -0.2) is 9.59 Å². The molecular weight excluding hydrogens is 288 g/mol. The van der Waals surface area contributed by atoms with Crippen molar-refractivity contribution < 1.29 is 14.7 Å². The van der Waals surface area contributed by atoms with Gasteiger partial charge in [-0.2, -0.15) is 11.8 Å². The first-order chi connectivity index (χ1) is 9.95. The molecular formula is C15H22N2O3S. The highest BCUT2D eigenvalue weighted by atomic mass is 32.2. The largest absolute Gasteiger partial charge is 0.480 e. The molecule has 2 N–H and O–H groups in total. The predicted octanol–water partition coefficient (Wildman–Crippen LogP) is 2.34. The van der Waals surface area contributed by atoms with Crippen LogP contribution < -0.4 is 5.32 Å². The quantitative estimate of drug-likeness (QED) is 0.811. The Balaban J connectivity index is 2.61. The fourth-order valence-electron chi connectivity index (χ4n) is 1.87. The van der Waals surface area contributed by atoms with Crippen LogP contribution >= 0.6 is 11.8 Å². The molecule has 1 rings (SSSR count). The van der Waals surface area contributed by atoms with Crippen molar-refractivity contribution in [2.75, 3.05) is 19.1 Å². The van der Waals surface area contributed by atoms with Crippen molar-refractivity contribution in [3.05, 3.63) is 35.4 Å². The van der Waals surface area contributed by atoms with Gasteiger partial charge in [-0.05, 0) is 36.5 Å². The van der Waals surface area contributed by atoms with Crippen LogP contribution in [0.2, 0.25) is 0 Å². The van der Waals surface area contributed by atoms with Gasteiger partial charge in [0.1, 0.15) is 6.04 Å². The fourth-order valence-corrected chi connectivity index (χ4v) is 2.34. The molecule has 0 saturated heterocycles. The molecule has 0 saturated carbocycles. The molecule has 5 nitrogen and oxygen atoms in total. The molecule has 0 fully saturated rings. The van der Waals surface area contributed by atoms with E-state index in [9.17, 15) is 9.59 Å². The van der Waals surface area contributed by atoms with Crippen LogP contribution in [0.4, 0.5) is 4.79 Å². The molecule has 0 aliphatic rings. The first kappa shape index (κ1) is 17.4. The number of carboxylic acids is 1.